The predicted molar refractivity (Wildman–Crippen MR) is 87.6 cm³/mol. The van der Waals surface area contributed by atoms with E-state index >= 15 is 0 Å². The highest BCUT2D eigenvalue weighted by molar-refractivity contribution is 7.98. The van der Waals surface area contributed by atoms with Gasteiger partial charge in [0, 0.05) is 30.7 Å². The molecule has 0 saturated heterocycles. The van der Waals surface area contributed by atoms with E-state index in [1.807, 2.05) is 6.26 Å². The van der Waals surface area contributed by atoms with Crippen LogP contribution in [-0.2, 0) is 4.74 Å². The summed E-state index contributed by atoms with van der Waals surface area (Å²) in [7, 11) is 0. The van der Waals surface area contributed by atoms with Gasteiger partial charge in [-0.25, -0.2) is 0 Å². The quantitative estimate of drug-likeness (QED) is 0.309. The number of nitrogens with one attached hydrogen (secondary N) is 1. The number of ether oxygens (including phenoxy) is 1. The van der Waals surface area contributed by atoms with Crippen molar-refractivity contribution < 1.29 is 14.5 Å². The fraction of sp³-hybridized carbons (Fsp3) is 0.533. The van der Waals surface area contributed by atoms with Crippen molar-refractivity contribution in [1.29, 1.82) is 0 Å². The fourth-order valence-corrected chi connectivity index (χ4v) is 2.24. The third-order valence-corrected chi connectivity index (χ3v) is 3.76. The zero-order chi connectivity index (χ0) is 16.4. The van der Waals surface area contributed by atoms with Gasteiger partial charge in [-0.2, -0.15) is 0 Å². The molecule has 0 radical (unpaired) electrons. The summed E-state index contributed by atoms with van der Waals surface area (Å²) in [4.78, 5) is 23.4. The Morgan fingerprint density at radius 3 is 2.73 bits per heavy atom. The maximum absolute atomic E-state index is 12.1. The highest BCUT2D eigenvalue weighted by Crippen LogP contribution is 2.24. The van der Waals surface area contributed by atoms with Crippen molar-refractivity contribution in [2.45, 2.75) is 31.1 Å². The molecule has 0 atom stereocenters. The molecule has 0 aliphatic heterocycles. The van der Waals surface area contributed by atoms with Crippen molar-refractivity contribution in [3.8, 4) is 0 Å². The number of rotatable bonds is 10. The van der Waals surface area contributed by atoms with Gasteiger partial charge in [-0.1, -0.05) is 13.3 Å². The van der Waals surface area contributed by atoms with Crippen LogP contribution in [0.2, 0.25) is 0 Å². The van der Waals surface area contributed by atoms with Crippen LogP contribution in [0.25, 0.3) is 0 Å². The first-order valence-electron chi connectivity index (χ1n) is 7.28. The first-order valence-corrected chi connectivity index (χ1v) is 8.51. The van der Waals surface area contributed by atoms with Crippen LogP contribution in [0.5, 0.6) is 0 Å². The molecule has 22 heavy (non-hydrogen) atoms. The SMILES string of the molecule is CCCCOCCCNC(=O)c1cc(SC)ccc1[N+](=O)[O-]. The Hall–Kier alpha value is -1.60. The Labute approximate surface area is 134 Å². The van der Waals surface area contributed by atoms with Crippen molar-refractivity contribution in [1.82, 2.24) is 5.32 Å². The minimum Gasteiger partial charge on any atom is -0.381 e. The maximum Gasteiger partial charge on any atom is 0.282 e. The van der Waals surface area contributed by atoms with Gasteiger partial charge in [0.15, 0.2) is 0 Å². The minimum atomic E-state index is -0.535. The van der Waals surface area contributed by atoms with E-state index in [1.165, 1.54) is 17.8 Å². The van der Waals surface area contributed by atoms with Crippen molar-refractivity contribution >= 4 is 23.4 Å². The number of amides is 1. The number of benzene rings is 1. The Balaban J connectivity index is 2.52. The molecule has 1 aromatic rings. The second kappa shape index (κ2) is 10.2. The number of nitro benzene ring substituents is 1. The van der Waals surface area contributed by atoms with Crippen molar-refractivity contribution in [3.05, 3.63) is 33.9 Å². The molecule has 0 saturated carbocycles. The van der Waals surface area contributed by atoms with Gasteiger partial charge in [0.1, 0.15) is 5.56 Å². The largest absolute Gasteiger partial charge is 0.381 e. The van der Waals surface area contributed by atoms with Crippen LogP contribution in [0.3, 0.4) is 0 Å². The van der Waals surface area contributed by atoms with Crippen LogP contribution < -0.4 is 5.32 Å². The first kappa shape index (κ1) is 18.4. The Morgan fingerprint density at radius 2 is 2.09 bits per heavy atom. The maximum atomic E-state index is 12.1. The van der Waals surface area contributed by atoms with Gasteiger partial charge in [0.05, 0.1) is 4.92 Å². The van der Waals surface area contributed by atoms with E-state index in [2.05, 4.69) is 12.2 Å². The summed E-state index contributed by atoms with van der Waals surface area (Å²) in [5, 5.41) is 13.7. The van der Waals surface area contributed by atoms with Gasteiger partial charge in [0.2, 0.25) is 0 Å². The van der Waals surface area contributed by atoms with Gasteiger partial charge < -0.3 is 10.1 Å². The average molecular weight is 326 g/mol. The molecular weight excluding hydrogens is 304 g/mol. The second-order valence-electron chi connectivity index (χ2n) is 4.72. The van der Waals surface area contributed by atoms with Crippen LogP contribution in [-0.4, -0.2) is 36.8 Å². The molecule has 1 N–H and O–H groups in total. The molecule has 0 aliphatic rings. The Kier molecular flexibility index (Phi) is 8.54. The number of carbonyl (C=O) groups excluding carboxylic acids is 1. The van der Waals surface area contributed by atoms with E-state index in [9.17, 15) is 14.9 Å². The molecule has 0 aliphatic carbocycles. The summed E-state index contributed by atoms with van der Waals surface area (Å²) < 4.78 is 5.40. The lowest BCUT2D eigenvalue weighted by molar-refractivity contribution is -0.385. The number of thioether (sulfide) groups is 1. The van der Waals surface area contributed by atoms with Crippen LogP contribution in [0, 0.1) is 10.1 Å². The highest BCUT2D eigenvalue weighted by atomic mass is 32.2. The van der Waals surface area contributed by atoms with E-state index in [0.29, 0.717) is 19.6 Å². The summed E-state index contributed by atoms with van der Waals surface area (Å²) in [5.74, 6) is -0.420. The number of carbonyl (C=O) groups is 1. The average Bonchev–Trinajstić information content (AvgIpc) is 2.53. The van der Waals surface area contributed by atoms with Gasteiger partial charge in [0.25, 0.3) is 11.6 Å². The normalized spacial score (nSPS) is 10.5. The van der Waals surface area contributed by atoms with Crippen LogP contribution in [0.4, 0.5) is 5.69 Å². The van der Waals surface area contributed by atoms with Gasteiger partial charge in [-0.3, -0.25) is 14.9 Å². The molecule has 0 fully saturated rings. The van der Waals surface area contributed by atoms with E-state index < -0.39 is 10.8 Å². The monoisotopic (exact) mass is 326 g/mol. The topological polar surface area (TPSA) is 81.5 Å². The summed E-state index contributed by atoms with van der Waals surface area (Å²) in [6.45, 7) is 3.84. The summed E-state index contributed by atoms with van der Waals surface area (Å²) in [6, 6.07) is 4.56. The van der Waals surface area contributed by atoms with E-state index in [0.717, 1.165) is 24.3 Å². The molecule has 1 rings (SSSR count). The number of nitro groups is 1. The standard InChI is InChI=1S/C15H22N2O4S/c1-3-4-9-21-10-5-8-16-15(18)13-11-12(22-2)6-7-14(13)17(19)20/h6-7,11H,3-5,8-10H2,1-2H3,(H,16,18). The fourth-order valence-electron chi connectivity index (χ4n) is 1.80. The van der Waals surface area contributed by atoms with Crippen LogP contribution in [0.15, 0.2) is 23.1 Å². The molecule has 0 spiro atoms. The van der Waals surface area contributed by atoms with E-state index in [-0.39, 0.29) is 11.3 Å². The summed E-state index contributed by atoms with van der Waals surface area (Å²) in [6.07, 6.45) is 4.66. The predicted octanol–water partition coefficient (Wildman–Crippen LogP) is 3.25. The third-order valence-electron chi connectivity index (χ3n) is 3.04. The first-order chi connectivity index (χ1) is 10.6. The zero-order valence-corrected chi connectivity index (χ0v) is 13.8. The van der Waals surface area contributed by atoms with Crippen LogP contribution in [0.1, 0.15) is 36.5 Å². The number of hydrogen-bond donors (Lipinski definition) is 1. The van der Waals surface area contributed by atoms with Crippen molar-refractivity contribution in [2.75, 3.05) is 26.0 Å². The lowest BCUT2D eigenvalue weighted by atomic mass is 10.1. The third kappa shape index (κ3) is 6.03. The van der Waals surface area contributed by atoms with E-state index in [4.69, 9.17) is 4.74 Å². The molecule has 0 heterocycles. The molecule has 0 unspecified atom stereocenters. The molecule has 6 nitrogen and oxygen atoms in total. The highest BCUT2D eigenvalue weighted by Gasteiger charge is 2.20. The van der Waals surface area contributed by atoms with Gasteiger partial charge in [-0.05, 0) is 31.2 Å². The molecular formula is C15H22N2O4S. The minimum absolute atomic E-state index is 0.101. The van der Waals surface area contributed by atoms with E-state index in [1.54, 1.807) is 12.1 Å². The summed E-state index contributed by atoms with van der Waals surface area (Å²) >= 11 is 1.44. The molecule has 7 heteroatoms. The Bertz CT molecular complexity index is 508. The molecule has 0 aromatic heterocycles. The number of unbranched alkanes of at least 4 members (excludes halogenated alkanes) is 1. The van der Waals surface area contributed by atoms with Gasteiger partial charge >= 0.3 is 0 Å². The second-order valence-corrected chi connectivity index (χ2v) is 5.60. The lowest BCUT2D eigenvalue weighted by Gasteiger charge is -2.07. The van der Waals surface area contributed by atoms with Crippen LogP contribution >= 0.6 is 11.8 Å². The molecule has 1 aromatic carbocycles. The van der Waals surface area contributed by atoms with Gasteiger partial charge in [-0.15, -0.1) is 11.8 Å². The van der Waals surface area contributed by atoms with Crippen molar-refractivity contribution in [2.24, 2.45) is 0 Å². The molecule has 0 bridgehead atoms. The summed E-state index contributed by atoms with van der Waals surface area (Å²) in [5.41, 5.74) is -0.0711. The van der Waals surface area contributed by atoms with Crippen molar-refractivity contribution in [3.63, 3.8) is 0 Å². The lowest BCUT2D eigenvalue weighted by Crippen LogP contribution is -2.26. The zero-order valence-electron chi connectivity index (χ0n) is 13.0. The Morgan fingerprint density at radius 1 is 1.36 bits per heavy atom. The number of nitrogens with zero attached hydrogens (tertiary/aromatic N) is 1. The molecule has 1 amide bonds. The smallest absolute Gasteiger partial charge is 0.282 e. The number of hydrogen-bond acceptors (Lipinski definition) is 5. The molecule has 122 valence electrons.